The number of rotatable bonds is 6. The Labute approximate surface area is 132 Å². The van der Waals surface area contributed by atoms with Crippen LogP contribution in [-0.4, -0.2) is 40.1 Å². The molecule has 0 saturated carbocycles. The van der Waals surface area contributed by atoms with Gasteiger partial charge < -0.3 is 10.1 Å². The number of benzene rings is 1. The van der Waals surface area contributed by atoms with Crippen LogP contribution in [0.4, 0.5) is 4.79 Å². The van der Waals surface area contributed by atoms with E-state index in [1.807, 2.05) is 0 Å². The van der Waals surface area contributed by atoms with Crippen LogP contribution >= 0.6 is 11.6 Å². The predicted molar refractivity (Wildman–Crippen MR) is 78.3 cm³/mol. The molecular formula is C12H14ClN3O5S. The van der Waals surface area contributed by atoms with E-state index in [0.29, 0.717) is 0 Å². The molecular weight excluding hydrogens is 334 g/mol. The number of amides is 3. The molecule has 8 nitrogen and oxygen atoms in total. The van der Waals surface area contributed by atoms with E-state index in [0.717, 1.165) is 0 Å². The zero-order chi connectivity index (χ0) is 16.3. The van der Waals surface area contributed by atoms with E-state index < -0.39 is 28.0 Å². The highest BCUT2D eigenvalue weighted by Gasteiger charge is 2.29. The molecule has 10 heteroatoms. The third kappa shape index (κ3) is 3.67. The molecule has 1 aromatic rings. The largest absolute Gasteiger partial charge is 0.495 e. The summed E-state index contributed by atoms with van der Waals surface area (Å²) in [5.74, 6) is -0.326. The van der Waals surface area contributed by atoms with Gasteiger partial charge in [-0.15, -0.1) is 0 Å². The van der Waals surface area contributed by atoms with Gasteiger partial charge in [-0.3, -0.25) is 10.1 Å². The Balaban J connectivity index is 2.04. The maximum Gasteiger partial charge on any atom is 0.322 e. The van der Waals surface area contributed by atoms with Crippen molar-refractivity contribution in [3.05, 3.63) is 23.2 Å². The summed E-state index contributed by atoms with van der Waals surface area (Å²) in [5.41, 5.74) is 0. The summed E-state index contributed by atoms with van der Waals surface area (Å²) < 4.78 is 31.8. The van der Waals surface area contributed by atoms with Crippen molar-refractivity contribution < 1.29 is 22.7 Å². The fourth-order valence-electron chi connectivity index (χ4n) is 1.94. The zero-order valence-corrected chi connectivity index (χ0v) is 13.1. The average Bonchev–Trinajstić information content (AvgIpc) is 2.77. The highest BCUT2D eigenvalue weighted by molar-refractivity contribution is 7.89. The Hall–Kier alpha value is -1.84. The first-order chi connectivity index (χ1) is 10.3. The lowest BCUT2D eigenvalue weighted by molar-refractivity contribution is -0.120. The molecule has 22 heavy (non-hydrogen) atoms. The number of hydrogen-bond donors (Lipinski definition) is 3. The van der Waals surface area contributed by atoms with E-state index in [-0.39, 0.29) is 28.6 Å². The van der Waals surface area contributed by atoms with Gasteiger partial charge in [-0.2, -0.15) is 0 Å². The first-order valence-electron chi connectivity index (χ1n) is 6.28. The number of sulfonamides is 1. The van der Waals surface area contributed by atoms with Crippen molar-refractivity contribution in [1.82, 2.24) is 15.4 Å². The number of carbonyl (C=O) groups is 2. The molecule has 0 bridgehead atoms. The molecule has 3 amide bonds. The Kier molecular flexibility index (Phi) is 4.89. The molecule has 1 aliphatic heterocycles. The van der Waals surface area contributed by atoms with Crippen molar-refractivity contribution in [2.75, 3.05) is 13.7 Å². The molecule has 3 N–H and O–H groups in total. The van der Waals surface area contributed by atoms with Gasteiger partial charge in [0, 0.05) is 11.6 Å². The summed E-state index contributed by atoms with van der Waals surface area (Å²) in [5, 5.41) is 4.70. The van der Waals surface area contributed by atoms with Gasteiger partial charge in [0.25, 0.3) is 5.91 Å². The van der Waals surface area contributed by atoms with E-state index >= 15 is 0 Å². The second-order valence-electron chi connectivity index (χ2n) is 4.50. The molecule has 1 fully saturated rings. The normalized spacial score (nSPS) is 18.0. The third-order valence-electron chi connectivity index (χ3n) is 3.00. The Morgan fingerprint density at radius 2 is 2.09 bits per heavy atom. The molecule has 1 aromatic carbocycles. The molecule has 0 aliphatic carbocycles. The van der Waals surface area contributed by atoms with Crippen molar-refractivity contribution in [1.29, 1.82) is 0 Å². The average molecular weight is 348 g/mol. The summed E-state index contributed by atoms with van der Waals surface area (Å²) in [6.07, 6.45) is 0.125. The Bertz CT molecular complexity index is 707. The first-order valence-corrected chi connectivity index (χ1v) is 8.14. The number of nitrogens with one attached hydrogen (secondary N) is 3. The van der Waals surface area contributed by atoms with E-state index in [1.54, 1.807) is 0 Å². The summed E-state index contributed by atoms with van der Waals surface area (Å²) in [6, 6.07) is 2.89. The zero-order valence-electron chi connectivity index (χ0n) is 11.6. The number of methoxy groups -OCH3 is 1. The fraction of sp³-hybridized carbons (Fsp3) is 0.333. The van der Waals surface area contributed by atoms with Gasteiger partial charge in [0.05, 0.1) is 7.11 Å². The first kappa shape index (κ1) is 16.5. The fourth-order valence-corrected chi connectivity index (χ4v) is 3.42. The third-order valence-corrected chi connectivity index (χ3v) is 4.72. The summed E-state index contributed by atoms with van der Waals surface area (Å²) >= 11 is 5.80. The van der Waals surface area contributed by atoms with Crippen LogP contribution in [0.15, 0.2) is 23.1 Å². The van der Waals surface area contributed by atoms with Crippen molar-refractivity contribution in [3.8, 4) is 5.75 Å². The summed E-state index contributed by atoms with van der Waals surface area (Å²) in [7, 11) is -2.50. The minimum Gasteiger partial charge on any atom is -0.495 e. The maximum absolute atomic E-state index is 12.2. The van der Waals surface area contributed by atoms with Gasteiger partial charge in [0.1, 0.15) is 16.7 Å². The van der Waals surface area contributed by atoms with Gasteiger partial charge in [-0.25, -0.2) is 17.9 Å². The maximum atomic E-state index is 12.2. The van der Waals surface area contributed by atoms with Crippen molar-refractivity contribution in [3.63, 3.8) is 0 Å². The number of halogens is 1. The SMILES string of the molecule is COc1ccc(Cl)cc1S(=O)(=O)NCCC1NC(=O)NC1=O. The minimum absolute atomic E-state index is 0.0314. The summed E-state index contributed by atoms with van der Waals surface area (Å²) in [4.78, 5) is 22.2. The van der Waals surface area contributed by atoms with Gasteiger partial charge >= 0.3 is 6.03 Å². The van der Waals surface area contributed by atoms with Crippen LogP contribution in [-0.2, 0) is 14.8 Å². The van der Waals surface area contributed by atoms with Crippen LogP contribution in [0.3, 0.4) is 0 Å². The number of hydrogen-bond acceptors (Lipinski definition) is 5. The molecule has 120 valence electrons. The monoisotopic (exact) mass is 347 g/mol. The molecule has 2 rings (SSSR count). The lowest BCUT2D eigenvalue weighted by Gasteiger charge is -2.12. The van der Waals surface area contributed by atoms with Crippen LogP contribution in [0.5, 0.6) is 5.75 Å². The van der Waals surface area contributed by atoms with Gasteiger partial charge in [-0.1, -0.05) is 11.6 Å². The standard InChI is InChI=1S/C12H14ClN3O5S/c1-21-9-3-2-7(13)6-10(9)22(19,20)14-5-4-8-11(17)16-12(18)15-8/h2-3,6,8,14H,4-5H2,1H3,(H2,15,16,17,18). The second-order valence-corrected chi connectivity index (χ2v) is 6.67. The van der Waals surface area contributed by atoms with E-state index in [2.05, 4.69) is 15.4 Å². The quantitative estimate of drug-likeness (QED) is 0.637. The van der Waals surface area contributed by atoms with Crippen LogP contribution in [0, 0.1) is 0 Å². The van der Waals surface area contributed by atoms with Gasteiger partial charge in [0.15, 0.2) is 0 Å². The van der Waals surface area contributed by atoms with Gasteiger partial charge in [-0.05, 0) is 24.6 Å². The number of carbonyl (C=O) groups excluding carboxylic acids is 2. The molecule has 0 spiro atoms. The van der Waals surface area contributed by atoms with E-state index in [9.17, 15) is 18.0 Å². The topological polar surface area (TPSA) is 114 Å². The predicted octanol–water partition coefficient (Wildman–Crippen LogP) is 0.225. The lowest BCUT2D eigenvalue weighted by atomic mass is 10.2. The number of ether oxygens (including phenoxy) is 1. The molecule has 0 radical (unpaired) electrons. The molecule has 1 atom stereocenters. The van der Waals surface area contributed by atoms with Crippen molar-refractivity contribution >= 4 is 33.6 Å². The van der Waals surface area contributed by atoms with Crippen LogP contribution < -0.4 is 20.1 Å². The molecule has 1 unspecified atom stereocenters. The number of imide groups is 1. The van der Waals surface area contributed by atoms with Crippen LogP contribution in [0.25, 0.3) is 0 Å². The second kappa shape index (κ2) is 6.51. The molecule has 1 heterocycles. The highest BCUT2D eigenvalue weighted by atomic mass is 35.5. The van der Waals surface area contributed by atoms with Crippen molar-refractivity contribution in [2.24, 2.45) is 0 Å². The van der Waals surface area contributed by atoms with E-state index in [1.165, 1.54) is 25.3 Å². The lowest BCUT2D eigenvalue weighted by Crippen LogP contribution is -2.34. The Morgan fingerprint density at radius 3 is 2.68 bits per heavy atom. The highest BCUT2D eigenvalue weighted by Crippen LogP contribution is 2.26. The van der Waals surface area contributed by atoms with Crippen LogP contribution in [0.2, 0.25) is 5.02 Å². The number of urea groups is 1. The van der Waals surface area contributed by atoms with Crippen molar-refractivity contribution in [2.45, 2.75) is 17.4 Å². The molecule has 0 aromatic heterocycles. The smallest absolute Gasteiger partial charge is 0.322 e. The minimum atomic E-state index is -3.85. The van der Waals surface area contributed by atoms with Crippen LogP contribution in [0.1, 0.15) is 6.42 Å². The Morgan fingerprint density at radius 1 is 1.36 bits per heavy atom. The van der Waals surface area contributed by atoms with Gasteiger partial charge in [0.2, 0.25) is 10.0 Å². The summed E-state index contributed by atoms with van der Waals surface area (Å²) in [6.45, 7) is -0.0314. The molecule has 1 aliphatic rings. The van der Waals surface area contributed by atoms with E-state index in [4.69, 9.17) is 16.3 Å². The molecule has 1 saturated heterocycles.